The lowest BCUT2D eigenvalue weighted by atomic mass is 10.0. The van der Waals surface area contributed by atoms with Crippen LogP contribution >= 0.6 is 34.8 Å². The van der Waals surface area contributed by atoms with E-state index in [0.717, 1.165) is 11.1 Å². The number of rotatable bonds is 13. The monoisotopic (exact) mass is 932 g/mol. The maximum absolute atomic E-state index is 12.9. The van der Waals surface area contributed by atoms with Gasteiger partial charge in [0.25, 0.3) is 0 Å². The van der Waals surface area contributed by atoms with Crippen LogP contribution in [0.1, 0.15) is 67.9 Å². The molecule has 6 aromatic carbocycles. The van der Waals surface area contributed by atoms with Gasteiger partial charge < -0.3 is 20.1 Å². The molecule has 3 N–H and O–H groups in total. The van der Waals surface area contributed by atoms with Crippen molar-refractivity contribution in [2.45, 2.75) is 40.9 Å². The maximum atomic E-state index is 12.9. The Morgan fingerprint density at radius 2 is 0.954 bits per heavy atom. The standard InChI is InChI=1S/C25H21ClN2O4.C21H17ClN2O3.C4H5ClO/c1-15(2)25(31)32-14-18-11-16(3)12-22(24(18)30)28-27-21-10-9-19(26)13-20(21)23(29)17-7-5-4-6-8-17;1-13-9-15(12-25)21(27)19(10-13)24-23-18-8-7-16(22)11-17(18)20(26)14-5-3-2-4-6-14;1-3(2)4(5)6/h4-13,30H,1,14H2,2-3H3;2-11,25,27H,12H2,1H3;1H2,2H3. The topological polar surface area (TPSA) is 188 Å². The molecule has 0 radical (unpaired) electrons. The minimum absolute atomic E-state index is 0.138. The number of ketones is 2. The molecule has 0 amide bonds. The van der Waals surface area contributed by atoms with Crippen LogP contribution < -0.4 is 0 Å². The number of hydrogen-bond donors (Lipinski definition) is 3. The van der Waals surface area contributed by atoms with Gasteiger partial charge in [-0.05, 0) is 111 Å². The summed E-state index contributed by atoms with van der Waals surface area (Å²) in [6.07, 6.45) is 0. The summed E-state index contributed by atoms with van der Waals surface area (Å²) in [6, 6.07) is 33.7. The minimum atomic E-state index is -0.556. The molecule has 0 aliphatic rings. The molecule has 0 fully saturated rings. The Morgan fingerprint density at radius 1 is 0.569 bits per heavy atom. The number of ether oxygens (including phenoxy) is 1. The van der Waals surface area contributed by atoms with Crippen LogP contribution in [-0.2, 0) is 27.5 Å². The molecule has 0 aliphatic heterocycles. The average Bonchev–Trinajstić information content (AvgIpc) is 3.29. The highest BCUT2D eigenvalue weighted by Gasteiger charge is 2.17. The molecule has 15 heteroatoms. The molecule has 0 bridgehead atoms. The van der Waals surface area contributed by atoms with Crippen LogP contribution in [0.15, 0.2) is 166 Å². The van der Waals surface area contributed by atoms with Crippen molar-refractivity contribution in [3.8, 4) is 11.5 Å². The van der Waals surface area contributed by atoms with Crippen molar-refractivity contribution in [3.05, 3.63) is 200 Å². The molecule has 0 aliphatic carbocycles. The maximum Gasteiger partial charge on any atom is 0.333 e. The molecule has 6 rings (SSSR count). The first-order valence-electron chi connectivity index (χ1n) is 19.5. The van der Waals surface area contributed by atoms with Crippen LogP contribution in [0.4, 0.5) is 22.7 Å². The third kappa shape index (κ3) is 14.7. The van der Waals surface area contributed by atoms with Crippen molar-refractivity contribution in [1.29, 1.82) is 0 Å². The lowest BCUT2D eigenvalue weighted by Gasteiger charge is -2.10. The van der Waals surface area contributed by atoms with Crippen LogP contribution in [0.25, 0.3) is 0 Å². The number of phenols is 2. The number of carbonyl (C=O) groups excluding carboxylic acids is 4. The fourth-order valence-corrected chi connectivity index (χ4v) is 5.92. The first kappa shape index (κ1) is 50.6. The number of azo groups is 2. The van der Waals surface area contributed by atoms with Crippen molar-refractivity contribution >= 4 is 80.3 Å². The third-order valence-electron chi connectivity index (χ3n) is 8.85. The Morgan fingerprint density at radius 3 is 1.34 bits per heavy atom. The van der Waals surface area contributed by atoms with Crippen molar-refractivity contribution in [3.63, 3.8) is 0 Å². The van der Waals surface area contributed by atoms with E-state index in [1.807, 2.05) is 26.0 Å². The van der Waals surface area contributed by atoms with E-state index in [0.29, 0.717) is 54.8 Å². The van der Waals surface area contributed by atoms with Gasteiger partial charge in [0.15, 0.2) is 11.6 Å². The molecule has 0 aromatic heterocycles. The van der Waals surface area contributed by atoms with E-state index in [-0.39, 0.29) is 58.8 Å². The molecular weight excluding hydrogens is 891 g/mol. The van der Waals surface area contributed by atoms with Gasteiger partial charge in [0.2, 0.25) is 5.24 Å². The number of aliphatic hydroxyl groups is 1. The molecule has 0 saturated carbocycles. The second kappa shape index (κ2) is 24.1. The van der Waals surface area contributed by atoms with Crippen LogP contribution in [0.2, 0.25) is 10.0 Å². The quantitative estimate of drug-likeness (QED) is 0.0335. The number of benzene rings is 6. The lowest BCUT2D eigenvalue weighted by Crippen LogP contribution is -2.05. The Hall–Kier alpha value is -7.09. The van der Waals surface area contributed by atoms with Gasteiger partial charge in [-0.25, -0.2) is 4.79 Å². The number of halogens is 3. The number of aromatic hydroxyl groups is 2. The zero-order valence-electron chi connectivity index (χ0n) is 35.7. The Balaban J connectivity index is 0.000000255. The smallest absolute Gasteiger partial charge is 0.333 e. The van der Waals surface area contributed by atoms with Crippen molar-refractivity contribution in [2.75, 3.05) is 0 Å². The summed E-state index contributed by atoms with van der Waals surface area (Å²) >= 11 is 17.0. The van der Waals surface area contributed by atoms with Crippen molar-refractivity contribution in [2.24, 2.45) is 20.5 Å². The highest BCUT2D eigenvalue weighted by atomic mass is 35.5. The second-order valence-corrected chi connectivity index (χ2v) is 15.5. The van der Waals surface area contributed by atoms with Gasteiger partial charge in [-0.3, -0.25) is 14.4 Å². The molecule has 332 valence electrons. The van der Waals surface area contributed by atoms with E-state index in [2.05, 4.69) is 33.6 Å². The summed E-state index contributed by atoms with van der Waals surface area (Å²) in [7, 11) is 0. The highest BCUT2D eigenvalue weighted by Crippen LogP contribution is 2.36. The number of aliphatic hydroxyl groups excluding tert-OH is 1. The van der Waals surface area contributed by atoms with Crippen molar-refractivity contribution in [1.82, 2.24) is 0 Å². The average molecular weight is 934 g/mol. The zero-order chi connectivity index (χ0) is 47.8. The van der Waals surface area contributed by atoms with E-state index < -0.39 is 11.2 Å². The van der Waals surface area contributed by atoms with Gasteiger partial charge in [-0.1, -0.05) is 97.0 Å². The predicted molar refractivity (Wildman–Crippen MR) is 253 cm³/mol. The molecule has 65 heavy (non-hydrogen) atoms. The SMILES string of the molecule is C=C(C)C(=O)Cl.C=C(C)C(=O)OCc1cc(C)cc(N=Nc2ccc(Cl)cc2C(=O)c2ccccc2)c1O.Cc1cc(CO)c(O)c(N=Nc2ccc(Cl)cc2C(=O)c2ccccc2)c1. The van der Waals surface area contributed by atoms with Crippen LogP contribution in [-0.4, -0.2) is 38.1 Å². The fourth-order valence-electron chi connectivity index (χ4n) is 5.58. The number of phenolic OH excluding ortho intramolecular Hbond substituents is 1. The molecule has 6 aromatic rings. The van der Waals surface area contributed by atoms with Gasteiger partial charge in [0, 0.05) is 43.4 Å². The van der Waals surface area contributed by atoms with E-state index in [9.17, 15) is 34.5 Å². The first-order valence-corrected chi connectivity index (χ1v) is 20.6. The molecule has 0 spiro atoms. The Labute approximate surface area is 390 Å². The van der Waals surface area contributed by atoms with E-state index in [1.165, 1.54) is 6.07 Å². The lowest BCUT2D eigenvalue weighted by molar-refractivity contribution is -0.140. The number of allylic oxidation sites excluding steroid dienone is 1. The largest absolute Gasteiger partial charge is 0.505 e. The van der Waals surface area contributed by atoms with Gasteiger partial charge >= 0.3 is 5.97 Å². The van der Waals surface area contributed by atoms with Crippen LogP contribution in [0.5, 0.6) is 11.5 Å². The van der Waals surface area contributed by atoms with E-state index in [4.69, 9.17) is 39.5 Å². The van der Waals surface area contributed by atoms with Gasteiger partial charge in [0.05, 0.1) is 29.1 Å². The summed E-state index contributed by atoms with van der Waals surface area (Å²) in [6.45, 7) is 13.1. The minimum Gasteiger partial charge on any atom is -0.505 e. The number of nitrogens with zero attached hydrogens (tertiary/aromatic N) is 4. The molecule has 0 unspecified atom stereocenters. The van der Waals surface area contributed by atoms with Crippen LogP contribution in [0.3, 0.4) is 0 Å². The normalized spacial score (nSPS) is 10.6. The number of hydrogen-bond acceptors (Lipinski definition) is 12. The summed E-state index contributed by atoms with van der Waals surface area (Å²) in [5.41, 5.74) is 5.63. The number of aryl methyl sites for hydroxylation is 2. The first-order chi connectivity index (χ1) is 30.9. The zero-order valence-corrected chi connectivity index (χ0v) is 37.9. The molecule has 0 heterocycles. The summed E-state index contributed by atoms with van der Waals surface area (Å²) < 4.78 is 5.13. The molecular formula is C50H43Cl3N4O8. The number of esters is 1. The predicted octanol–water partition coefficient (Wildman–Crippen LogP) is 13.4. The Bertz CT molecular complexity index is 2800. The summed E-state index contributed by atoms with van der Waals surface area (Å²) in [4.78, 5) is 47.2. The highest BCUT2D eigenvalue weighted by molar-refractivity contribution is 6.67. The van der Waals surface area contributed by atoms with E-state index in [1.54, 1.807) is 117 Å². The molecule has 0 atom stereocenters. The summed E-state index contributed by atoms with van der Waals surface area (Å²) in [5.74, 6) is -1.34. The summed E-state index contributed by atoms with van der Waals surface area (Å²) in [5, 5.41) is 47.0. The van der Waals surface area contributed by atoms with E-state index >= 15 is 0 Å². The Kier molecular flexibility index (Phi) is 18.7. The molecule has 0 saturated heterocycles. The van der Waals surface area contributed by atoms with Gasteiger partial charge in [-0.15, -0.1) is 20.5 Å². The van der Waals surface area contributed by atoms with Crippen molar-refractivity contribution < 1.29 is 39.2 Å². The number of carbonyl (C=O) groups is 4. The second-order valence-electron chi connectivity index (χ2n) is 14.3. The fraction of sp³-hybridized carbons (Fsp3) is 0.120. The van der Waals surface area contributed by atoms with Crippen LogP contribution in [0, 0.1) is 13.8 Å². The molecule has 12 nitrogen and oxygen atoms in total. The third-order valence-corrected chi connectivity index (χ3v) is 9.64. The van der Waals surface area contributed by atoms with Gasteiger partial charge in [0.1, 0.15) is 29.5 Å². The van der Waals surface area contributed by atoms with Gasteiger partial charge in [-0.2, -0.15) is 0 Å².